The van der Waals surface area contributed by atoms with E-state index in [1.807, 2.05) is 44.0 Å². The fourth-order valence-electron chi connectivity index (χ4n) is 2.99. The van der Waals surface area contributed by atoms with Gasteiger partial charge < -0.3 is 0 Å². The van der Waals surface area contributed by atoms with Crippen LogP contribution < -0.4 is 10.6 Å². The summed E-state index contributed by atoms with van der Waals surface area (Å²) in [7, 11) is 0. The smallest absolute Gasteiger partial charge is 0.280 e. The Bertz CT molecular complexity index is 796. The number of carbonyl (C=O) groups is 1. The van der Waals surface area contributed by atoms with E-state index in [0.29, 0.717) is 23.1 Å². The summed E-state index contributed by atoms with van der Waals surface area (Å²) >= 11 is 0. The zero-order valence-corrected chi connectivity index (χ0v) is 12.8. The maximum Gasteiger partial charge on any atom is 0.280 e. The van der Waals surface area contributed by atoms with Crippen LogP contribution in [0, 0.1) is 0 Å². The fourth-order valence-corrected chi connectivity index (χ4v) is 2.99. The molecule has 110 valence electrons. The first-order valence-corrected chi connectivity index (χ1v) is 7.24. The van der Waals surface area contributed by atoms with Gasteiger partial charge in [-0.1, -0.05) is 19.1 Å². The van der Waals surface area contributed by atoms with Crippen molar-refractivity contribution in [1.82, 2.24) is 9.66 Å². The molecule has 2 atom stereocenters. The van der Waals surface area contributed by atoms with Crippen molar-refractivity contribution in [1.29, 1.82) is 0 Å². The number of Topliss-reactive ketones (excluding diaryl/α,β-unsaturated/α-hetero) is 1. The Hall–Kier alpha value is -2.17. The molecule has 5 nitrogen and oxygen atoms in total. The zero-order chi connectivity index (χ0) is 15.4. The molecule has 5 heteroatoms. The Morgan fingerprint density at radius 1 is 1.38 bits per heavy atom. The van der Waals surface area contributed by atoms with Crippen molar-refractivity contribution in [3.05, 3.63) is 40.4 Å². The summed E-state index contributed by atoms with van der Waals surface area (Å²) in [6.07, 6.45) is 0.636. The molecular weight excluding hydrogens is 266 g/mol. The van der Waals surface area contributed by atoms with Gasteiger partial charge in [0.25, 0.3) is 5.56 Å². The minimum atomic E-state index is -0.613. The van der Waals surface area contributed by atoms with Gasteiger partial charge in [-0.15, -0.1) is 0 Å². The molecule has 0 radical (unpaired) electrons. The highest BCUT2D eigenvalue weighted by Crippen LogP contribution is 2.39. The van der Waals surface area contributed by atoms with Gasteiger partial charge in [0.1, 0.15) is 11.4 Å². The molecule has 2 heterocycles. The van der Waals surface area contributed by atoms with Crippen LogP contribution in [0.15, 0.2) is 29.1 Å². The molecule has 0 spiro atoms. The summed E-state index contributed by atoms with van der Waals surface area (Å²) < 4.78 is 1.59. The number of aromatic nitrogens is 2. The predicted molar refractivity (Wildman–Crippen MR) is 82.1 cm³/mol. The van der Waals surface area contributed by atoms with E-state index >= 15 is 0 Å². The topological polar surface area (TPSA) is 55.0 Å². The van der Waals surface area contributed by atoms with Crippen LogP contribution in [0.2, 0.25) is 0 Å². The number of fused-ring (bicyclic) bond motifs is 1. The van der Waals surface area contributed by atoms with Gasteiger partial charge in [0, 0.05) is 6.42 Å². The van der Waals surface area contributed by atoms with Gasteiger partial charge in [-0.05, 0) is 32.9 Å². The lowest BCUT2D eigenvalue weighted by Gasteiger charge is -2.17. The number of hydrogen-bond donors (Lipinski definition) is 0. The van der Waals surface area contributed by atoms with Crippen molar-refractivity contribution in [3.8, 4) is 0 Å². The summed E-state index contributed by atoms with van der Waals surface area (Å²) in [6, 6.07) is 7.33. The maximum absolute atomic E-state index is 12.8. The van der Waals surface area contributed by atoms with Crippen LogP contribution in [0.4, 0.5) is 0 Å². The van der Waals surface area contributed by atoms with E-state index in [0.717, 1.165) is 0 Å². The van der Waals surface area contributed by atoms with Crippen LogP contribution in [-0.4, -0.2) is 27.0 Å². The van der Waals surface area contributed by atoms with Crippen LogP contribution in [0.3, 0.4) is 0 Å². The normalized spacial score (nSPS) is 24.4. The third-order valence-electron chi connectivity index (χ3n) is 4.65. The van der Waals surface area contributed by atoms with E-state index in [-0.39, 0.29) is 17.4 Å². The maximum atomic E-state index is 12.8. The molecule has 0 unspecified atom stereocenters. The SMILES string of the molecule is CCc1nc2ccccc2c(=O)n1N1[C@@H](C)[C@@]1(C)C(C)=O. The molecule has 0 saturated carbocycles. The quantitative estimate of drug-likeness (QED) is 0.805. The van der Waals surface area contributed by atoms with Gasteiger partial charge in [0.05, 0.1) is 16.9 Å². The Balaban J connectivity index is 2.27. The number of aryl methyl sites for hydroxylation is 1. The Labute approximate surface area is 123 Å². The van der Waals surface area contributed by atoms with Gasteiger partial charge in [-0.2, -0.15) is 0 Å². The van der Waals surface area contributed by atoms with Crippen molar-refractivity contribution in [3.63, 3.8) is 0 Å². The van der Waals surface area contributed by atoms with Crippen LogP contribution in [-0.2, 0) is 11.2 Å². The van der Waals surface area contributed by atoms with E-state index in [1.165, 1.54) is 0 Å². The van der Waals surface area contributed by atoms with Crippen LogP contribution in [0.1, 0.15) is 33.5 Å². The van der Waals surface area contributed by atoms with Gasteiger partial charge in [-0.25, -0.2) is 9.66 Å². The molecule has 1 aliphatic heterocycles. The largest absolute Gasteiger partial charge is 0.297 e. The molecule has 1 saturated heterocycles. The zero-order valence-electron chi connectivity index (χ0n) is 12.8. The second kappa shape index (κ2) is 4.41. The van der Waals surface area contributed by atoms with E-state index in [9.17, 15) is 9.59 Å². The van der Waals surface area contributed by atoms with Crippen molar-refractivity contribution < 1.29 is 4.79 Å². The molecule has 1 aliphatic rings. The van der Waals surface area contributed by atoms with Crippen LogP contribution >= 0.6 is 0 Å². The monoisotopic (exact) mass is 285 g/mol. The molecule has 21 heavy (non-hydrogen) atoms. The van der Waals surface area contributed by atoms with E-state index in [1.54, 1.807) is 17.7 Å². The first-order valence-electron chi connectivity index (χ1n) is 7.24. The van der Waals surface area contributed by atoms with Gasteiger partial charge in [0.2, 0.25) is 0 Å². The number of nitrogens with zero attached hydrogens (tertiary/aromatic N) is 3. The lowest BCUT2D eigenvalue weighted by Crippen LogP contribution is -2.38. The third kappa shape index (κ3) is 1.73. The molecule has 0 N–H and O–H groups in total. The lowest BCUT2D eigenvalue weighted by molar-refractivity contribution is -0.118. The molecule has 1 aromatic carbocycles. The summed E-state index contributed by atoms with van der Waals surface area (Å²) in [4.78, 5) is 29.3. The molecule has 0 bridgehead atoms. The highest BCUT2D eigenvalue weighted by molar-refractivity contribution is 5.94. The molecule has 1 aromatic heterocycles. The summed E-state index contributed by atoms with van der Waals surface area (Å²) in [5.74, 6) is 0.757. The highest BCUT2D eigenvalue weighted by Gasteiger charge is 2.61. The number of para-hydroxylation sites is 1. The first-order chi connectivity index (χ1) is 9.92. The molecule has 2 aromatic rings. The van der Waals surface area contributed by atoms with Gasteiger partial charge in [0.15, 0.2) is 5.78 Å². The van der Waals surface area contributed by atoms with Crippen molar-refractivity contribution in [2.45, 2.75) is 45.7 Å². The van der Waals surface area contributed by atoms with Crippen LogP contribution in [0.5, 0.6) is 0 Å². The van der Waals surface area contributed by atoms with E-state index < -0.39 is 5.54 Å². The summed E-state index contributed by atoms with van der Waals surface area (Å²) in [6.45, 7) is 7.37. The lowest BCUT2D eigenvalue weighted by atomic mass is 10.0. The Morgan fingerprint density at radius 3 is 2.62 bits per heavy atom. The van der Waals surface area contributed by atoms with Crippen LogP contribution in [0.25, 0.3) is 10.9 Å². The van der Waals surface area contributed by atoms with E-state index in [4.69, 9.17) is 0 Å². The average molecular weight is 285 g/mol. The van der Waals surface area contributed by atoms with Crippen molar-refractivity contribution in [2.24, 2.45) is 0 Å². The minimum Gasteiger partial charge on any atom is -0.297 e. The second-order valence-electron chi connectivity index (χ2n) is 5.74. The highest BCUT2D eigenvalue weighted by atomic mass is 16.2. The Morgan fingerprint density at radius 2 is 2.05 bits per heavy atom. The predicted octanol–water partition coefficient (Wildman–Crippen LogP) is 1.65. The van der Waals surface area contributed by atoms with Crippen molar-refractivity contribution >= 4 is 16.7 Å². The number of hydrogen-bond acceptors (Lipinski definition) is 4. The number of carbonyl (C=O) groups excluding carboxylic acids is 1. The second-order valence-corrected chi connectivity index (χ2v) is 5.74. The molecule has 0 amide bonds. The summed E-state index contributed by atoms with van der Waals surface area (Å²) in [5.41, 5.74) is -0.0124. The molecule has 0 aliphatic carbocycles. The van der Waals surface area contributed by atoms with E-state index in [2.05, 4.69) is 4.98 Å². The average Bonchev–Trinajstić information content (AvgIpc) is 3.02. The number of benzene rings is 1. The third-order valence-corrected chi connectivity index (χ3v) is 4.65. The summed E-state index contributed by atoms with van der Waals surface area (Å²) in [5, 5.41) is 2.43. The number of rotatable bonds is 3. The van der Waals surface area contributed by atoms with Crippen molar-refractivity contribution in [2.75, 3.05) is 5.01 Å². The Kier molecular flexibility index (Phi) is 2.90. The first kappa shape index (κ1) is 13.8. The molecule has 1 fully saturated rings. The molecular formula is C16H19N3O2. The van der Waals surface area contributed by atoms with Gasteiger partial charge >= 0.3 is 0 Å². The fraction of sp³-hybridized carbons (Fsp3) is 0.438. The number of ketones is 1. The standard InChI is InChI=1S/C16H19N3O2/c1-5-14-17-13-9-7-6-8-12(13)15(21)18(14)19-10(2)16(19,4)11(3)20/h6-10H,5H2,1-4H3/t10-,16-,19?/m0/s1. The van der Waals surface area contributed by atoms with Gasteiger partial charge in [-0.3, -0.25) is 14.6 Å². The molecule has 3 rings (SSSR count). The minimum absolute atomic E-state index is 0.000891.